The van der Waals surface area contributed by atoms with Gasteiger partial charge in [-0.15, -0.1) is 0 Å². The number of fused-ring (bicyclic) bond motifs is 2. The van der Waals surface area contributed by atoms with Crippen molar-refractivity contribution in [1.29, 1.82) is 0 Å². The fraction of sp³-hybridized carbons (Fsp3) is 0.263. The zero-order valence-corrected chi connectivity index (χ0v) is 15.7. The first-order valence-electron chi connectivity index (χ1n) is 8.79. The predicted octanol–water partition coefficient (Wildman–Crippen LogP) is 0.987. The van der Waals surface area contributed by atoms with Crippen molar-refractivity contribution in [1.82, 2.24) is 24.4 Å². The van der Waals surface area contributed by atoms with E-state index in [1.165, 1.54) is 11.6 Å². The molecule has 1 aromatic carbocycles. The Morgan fingerprint density at radius 1 is 1.21 bits per heavy atom. The molecule has 0 radical (unpaired) electrons. The van der Waals surface area contributed by atoms with Gasteiger partial charge < -0.3 is 14.7 Å². The number of aromatic nitrogens is 4. The minimum Gasteiger partial charge on any atom is -0.451 e. The predicted molar refractivity (Wildman–Crippen MR) is 104 cm³/mol. The maximum absolute atomic E-state index is 12.5. The van der Waals surface area contributed by atoms with E-state index in [0.29, 0.717) is 30.0 Å². The number of rotatable bonds is 4. The molecule has 0 unspecified atom stereocenters. The Balaban J connectivity index is 1.52. The number of para-hydroxylation sites is 1. The van der Waals surface area contributed by atoms with Gasteiger partial charge in [0.1, 0.15) is 16.9 Å². The van der Waals surface area contributed by atoms with Gasteiger partial charge in [0.15, 0.2) is 11.4 Å². The van der Waals surface area contributed by atoms with E-state index in [1.807, 2.05) is 31.2 Å². The van der Waals surface area contributed by atoms with E-state index in [0.717, 1.165) is 15.5 Å². The molecule has 0 bridgehead atoms. The fourth-order valence-electron chi connectivity index (χ4n) is 3.26. The van der Waals surface area contributed by atoms with Crippen LogP contribution < -0.4 is 16.6 Å². The van der Waals surface area contributed by atoms with Crippen LogP contribution in [0.2, 0.25) is 0 Å². The van der Waals surface area contributed by atoms with Crippen LogP contribution in [0, 0.1) is 6.92 Å². The summed E-state index contributed by atoms with van der Waals surface area (Å²) in [5.74, 6) is 0.477. The van der Waals surface area contributed by atoms with Gasteiger partial charge in [0.25, 0.3) is 11.5 Å². The highest BCUT2D eigenvalue weighted by Gasteiger charge is 2.17. The third-order valence-corrected chi connectivity index (χ3v) is 4.84. The smallest absolute Gasteiger partial charge is 0.332 e. The highest BCUT2D eigenvalue weighted by Crippen LogP contribution is 2.24. The van der Waals surface area contributed by atoms with Crippen molar-refractivity contribution in [3.63, 3.8) is 0 Å². The van der Waals surface area contributed by atoms with Gasteiger partial charge in [-0.05, 0) is 13.0 Å². The van der Waals surface area contributed by atoms with Crippen LogP contribution in [0.1, 0.15) is 21.9 Å². The largest absolute Gasteiger partial charge is 0.451 e. The van der Waals surface area contributed by atoms with E-state index in [9.17, 15) is 14.4 Å². The molecule has 0 aliphatic heterocycles. The van der Waals surface area contributed by atoms with Gasteiger partial charge in [-0.3, -0.25) is 18.7 Å². The SMILES string of the molecule is Cc1c(C(=O)NCCc2nc3c([nH]2)c(=O)n(C)c(=O)n3C)oc2ccccc12. The van der Waals surface area contributed by atoms with Crippen LogP contribution in [-0.2, 0) is 20.5 Å². The Bertz CT molecular complexity index is 1340. The number of amides is 1. The molecule has 0 aliphatic carbocycles. The number of H-pyrrole nitrogens is 1. The number of carbonyl (C=O) groups excluding carboxylic acids is 1. The van der Waals surface area contributed by atoms with Gasteiger partial charge in [0.2, 0.25) is 0 Å². The van der Waals surface area contributed by atoms with E-state index < -0.39 is 11.2 Å². The molecule has 0 saturated carbocycles. The summed E-state index contributed by atoms with van der Waals surface area (Å²) in [6.45, 7) is 2.14. The lowest BCUT2D eigenvalue weighted by atomic mass is 10.1. The number of aromatic amines is 1. The number of furan rings is 1. The number of carbonyl (C=O) groups is 1. The highest BCUT2D eigenvalue weighted by atomic mass is 16.3. The minimum absolute atomic E-state index is 0.263. The van der Waals surface area contributed by atoms with E-state index in [1.54, 1.807) is 7.05 Å². The van der Waals surface area contributed by atoms with Gasteiger partial charge in [-0.25, -0.2) is 9.78 Å². The molecule has 0 aliphatic rings. The lowest BCUT2D eigenvalue weighted by molar-refractivity contribution is 0.0927. The van der Waals surface area contributed by atoms with Crippen LogP contribution in [0.3, 0.4) is 0 Å². The normalized spacial score (nSPS) is 11.4. The molecular weight excluding hydrogens is 362 g/mol. The van der Waals surface area contributed by atoms with Gasteiger partial charge in [0.05, 0.1) is 0 Å². The van der Waals surface area contributed by atoms with Crippen LogP contribution >= 0.6 is 0 Å². The molecule has 2 N–H and O–H groups in total. The Hall–Kier alpha value is -3.62. The van der Waals surface area contributed by atoms with Crippen molar-refractivity contribution in [2.75, 3.05) is 6.54 Å². The van der Waals surface area contributed by atoms with Gasteiger partial charge in [-0.2, -0.15) is 0 Å². The van der Waals surface area contributed by atoms with Gasteiger partial charge in [-0.1, -0.05) is 18.2 Å². The van der Waals surface area contributed by atoms with Gasteiger partial charge >= 0.3 is 5.69 Å². The van der Waals surface area contributed by atoms with Crippen molar-refractivity contribution < 1.29 is 9.21 Å². The van der Waals surface area contributed by atoms with Crippen molar-refractivity contribution in [3.8, 4) is 0 Å². The molecule has 1 amide bonds. The first kappa shape index (κ1) is 17.8. The quantitative estimate of drug-likeness (QED) is 0.547. The molecule has 0 fully saturated rings. The second-order valence-corrected chi connectivity index (χ2v) is 6.65. The summed E-state index contributed by atoms with van der Waals surface area (Å²) in [4.78, 5) is 43.9. The Labute approximate surface area is 158 Å². The second kappa shape index (κ2) is 6.52. The number of nitrogens with zero attached hydrogens (tertiary/aromatic N) is 3. The van der Waals surface area contributed by atoms with E-state index in [-0.39, 0.29) is 17.2 Å². The molecule has 4 rings (SSSR count). The summed E-state index contributed by atoms with van der Waals surface area (Å²) >= 11 is 0. The molecule has 144 valence electrons. The first-order chi connectivity index (χ1) is 13.4. The zero-order chi connectivity index (χ0) is 20.0. The minimum atomic E-state index is -0.441. The fourth-order valence-corrected chi connectivity index (χ4v) is 3.26. The standard InChI is InChI=1S/C19H19N5O4/c1-10-11-6-4-5-7-12(11)28-15(10)17(25)20-9-8-13-21-14-16(22-13)23(2)19(27)24(3)18(14)26/h4-7H,8-9H2,1-3H3,(H,20,25)(H,21,22). The van der Waals surface area contributed by atoms with E-state index in [2.05, 4.69) is 15.3 Å². The van der Waals surface area contributed by atoms with Crippen LogP contribution in [-0.4, -0.2) is 31.6 Å². The number of hydrogen-bond acceptors (Lipinski definition) is 5. The molecule has 9 heteroatoms. The molecule has 3 heterocycles. The van der Waals surface area contributed by atoms with Crippen LogP contribution in [0.25, 0.3) is 22.1 Å². The summed E-state index contributed by atoms with van der Waals surface area (Å²) in [7, 11) is 2.97. The molecule has 3 aromatic heterocycles. The topological polar surface area (TPSA) is 115 Å². The third-order valence-electron chi connectivity index (χ3n) is 4.84. The molecule has 0 spiro atoms. The number of imidazole rings is 1. The second-order valence-electron chi connectivity index (χ2n) is 6.65. The van der Waals surface area contributed by atoms with Crippen LogP contribution in [0.4, 0.5) is 0 Å². The van der Waals surface area contributed by atoms with Crippen LogP contribution in [0.15, 0.2) is 38.3 Å². The molecule has 4 aromatic rings. The Morgan fingerprint density at radius 2 is 1.96 bits per heavy atom. The van der Waals surface area contributed by atoms with Crippen molar-refractivity contribution >= 4 is 28.0 Å². The third kappa shape index (κ3) is 2.72. The van der Waals surface area contributed by atoms with Crippen molar-refractivity contribution in [2.45, 2.75) is 13.3 Å². The zero-order valence-electron chi connectivity index (χ0n) is 15.7. The average Bonchev–Trinajstić information content (AvgIpc) is 3.27. The lowest BCUT2D eigenvalue weighted by Gasteiger charge is -2.02. The molecule has 9 nitrogen and oxygen atoms in total. The Kier molecular flexibility index (Phi) is 4.14. The summed E-state index contributed by atoms with van der Waals surface area (Å²) in [6, 6.07) is 7.47. The molecule has 0 atom stereocenters. The van der Waals surface area contributed by atoms with Crippen LogP contribution in [0.5, 0.6) is 0 Å². The highest BCUT2D eigenvalue weighted by molar-refractivity contribution is 5.98. The first-order valence-corrected chi connectivity index (χ1v) is 8.79. The van der Waals surface area contributed by atoms with Crippen molar-refractivity contribution in [3.05, 3.63) is 62.3 Å². The summed E-state index contributed by atoms with van der Waals surface area (Å²) in [6.07, 6.45) is 0.372. The molecule has 28 heavy (non-hydrogen) atoms. The number of benzene rings is 1. The van der Waals surface area contributed by atoms with Gasteiger partial charge in [0, 0.05) is 38.0 Å². The van der Waals surface area contributed by atoms with E-state index in [4.69, 9.17) is 4.42 Å². The monoisotopic (exact) mass is 381 g/mol. The summed E-state index contributed by atoms with van der Waals surface area (Å²) < 4.78 is 7.99. The molecule has 0 saturated heterocycles. The number of hydrogen-bond donors (Lipinski definition) is 2. The van der Waals surface area contributed by atoms with Crippen molar-refractivity contribution in [2.24, 2.45) is 14.1 Å². The van der Waals surface area contributed by atoms with E-state index >= 15 is 0 Å². The lowest BCUT2D eigenvalue weighted by Crippen LogP contribution is -2.36. The molecular formula is C19H19N5O4. The maximum Gasteiger partial charge on any atom is 0.332 e. The Morgan fingerprint density at radius 3 is 2.71 bits per heavy atom. The number of nitrogens with one attached hydrogen (secondary N) is 2. The maximum atomic E-state index is 12.5. The number of aryl methyl sites for hydroxylation is 2. The summed E-state index contributed by atoms with van der Waals surface area (Å²) in [5.41, 5.74) is 1.14. The average molecular weight is 381 g/mol. The summed E-state index contributed by atoms with van der Waals surface area (Å²) in [5, 5.41) is 3.71.